The normalized spacial score (nSPS) is 11.2. The van der Waals surface area contributed by atoms with E-state index in [4.69, 9.17) is 0 Å². The summed E-state index contributed by atoms with van der Waals surface area (Å²) in [6, 6.07) is 9.43. The van der Waals surface area contributed by atoms with E-state index in [-0.39, 0.29) is 17.1 Å². The molecule has 1 heterocycles. The third kappa shape index (κ3) is 5.10. The Morgan fingerprint density at radius 2 is 2.00 bits per heavy atom. The summed E-state index contributed by atoms with van der Waals surface area (Å²) >= 11 is 0. The number of hydrogen-bond acceptors (Lipinski definition) is 4. The fourth-order valence-electron chi connectivity index (χ4n) is 1.96. The number of amides is 1. The van der Waals surface area contributed by atoms with Crippen molar-refractivity contribution in [2.45, 2.75) is 26.3 Å². The molecule has 124 valence electrons. The van der Waals surface area contributed by atoms with Gasteiger partial charge in [-0.15, -0.1) is 0 Å². The van der Waals surface area contributed by atoms with Gasteiger partial charge in [-0.25, -0.2) is 8.42 Å². The minimum atomic E-state index is -3.48. The molecule has 1 amide bonds. The summed E-state index contributed by atoms with van der Waals surface area (Å²) in [6.07, 6.45) is 2.63. The fourth-order valence-corrected chi connectivity index (χ4v) is 3.22. The van der Waals surface area contributed by atoms with Crippen LogP contribution in [0.25, 0.3) is 0 Å². The van der Waals surface area contributed by atoms with Crippen molar-refractivity contribution in [3.63, 3.8) is 0 Å². The summed E-state index contributed by atoms with van der Waals surface area (Å²) in [5, 5.41) is 9.01. The maximum Gasteiger partial charge on any atom is 0.271 e. The lowest BCUT2D eigenvalue weighted by Gasteiger charge is -2.08. The van der Waals surface area contributed by atoms with Crippen molar-refractivity contribution in [3.8, 4) is 0 Å². The minimum absolute atomic E-state index is 0.0136. The molecule has 0 spiro atoms. The van der Waals surface area contributed by atoms with Crippen molar-refractivity contribution in [2.75, 3.05) is 10.5 Å². The van der Waals surface area contributed by atoms with Crippen LogP contribution in [-0.2, 0) is 16.6 Å². The number of aromatic nitrogens is 2. The van der Waals surface area contributed by atoms with Gasteiger partial charge in [-0.1, -0.05) is 43.7 Å². The Bertz CT molecular complexity index is 741. The van der Waals surface area contributed by atoms with Crippen molar-refractivity contribution in [3.05, 3.63) is 47.8 Å². The zero-order valence-corrected chi connectivity index (χ0v) is 13.7. The first-order chi connectivity index (χ1) is 11.0. The summed E-state index contributed by atoms with van der Waals surface area (Å²) in [6.45, 7) is 2.26. The van der Waals surface area contributed by atoms with Crippen LogP contribution in [0.2, 0.25) is 0 Å². The molecular formula is C15H20N4O3S. The highest BCUT2D eigenvalue weighted by Crippen LogP contribution is 2.14. The van der Waals surface area contributed by atoms with Crippen LogP contribution in [0.3, 0.4) is 0 Å². The number of carbonyl (C=O) groups is 1. The lowest BCUT2D eigenvalue weighted by molar-refractivity contribution is 0.0947. The first-order valence-corrected chi connectivity index (χ1v) is 9.03. The molecule has 2 aromatic rings. The number of anilines is 1. The Morgan fingerprint density at radius 3 is 2.70 bits per heavy atom. The van der Waals surface area contributed by atoms with Crippen LogP contribution < -0.4 is 10.0 Å². The number of benzene rings is 1. The van der Waals surface area contributed by atoms with Gasteiger partial charge in [0, 0.05) is 6.54 Å². The number of sulfonamides is 1. The predicted octanol–water partition coefficient (Wildman–Crippen LogP) is 1.88. The average molecular weight is 336 g/mol. The molecular weight excluding hydrogens is 316 g/mol. The van der Waals surface area contributed by atoms with E-state index in [1.54, 1.807) is 0 Å². The number of nitrogens with one attached hydrogen (secondary N) is 3. The number of H-pyrrole nitrogens is 1. The van der Waals surface area contributed by atoms with Crippen molar-refractivity contribution < 1.29 is 13.2 Å². The second-order valence-electron chi connectivity index (χ2n) is 5.10. The Labute approximate surface area is 135 Å². The van der Waals surface area contributed by atoms with Gasteiger partial charge in [0.1, 0.15) is 5.69 Å². The van der Waals surface area contributed by atoms with Gasteiger partial charge in [-0.2, -0.15) is 5.10 Å². The molecule has 3 N–H and O–H groups in total. The summed E-state index contributed by atoms with van der Waals surface area (Å²) in [5.41, 5.74) is 1.21. The molecule has 0 aliphatic rings. The lowest BCUT2D eigenvalue weighted by Crippen LogP contribution is -2.25. The van der Waals surface area contributed by atoms with Crippen molar-refractivity contribution in [1.82, 2.24) is 15.5 Å². The second-order valence-corrected chi connectivity index (χ2v) is 6.94. The number of unbranched alkanes of at least 4 members (excludes halogenated alkanes) is 1. The molecule has 0 radical (unpaired) electrons. The molecule has 0 fully saturated rings. The van der Waals surface area contributed by atoms with Gasteiger partial charge in [0.25, 0.3) is 5.91 Å². The molecule has 1 aromatic carbocycles. The molecule has 23 heavy (non-hydrogen) atoms. The second kappa shape index (κ2) is 7.77. The van der Waals surface area contributed by atoms with E-state index in [1.165, 1.54) is 6.20 Å². The molecule has 0 atom stereocenters. The summed E-state index contributed by atoms with van der Waals surface area (Å²) in [4.78, 5) is 12.2. The molecule has 7 nitrogen and oxygen atoms in total. The zero-order chi connectivity index (χ0) is 16.7. The van der Waals surface area contributed by atoms with Crippen molar-refractivity contribution in [2.24, 2.45) is 0 Å². The molecule has 8 heteroatoms. The largest absolute Gasteiger partial charge is 0.347 e. The maximum absolute atomic E-state index is 12.2. The van der Waals surface area contributed by atoms with E-state index in [2.05, 4.69) is 20.2 Å². The molecule has 0 aliphatic carbocycles. The first-order valence-electron chi connectivity index (χ1n) is 7.38. The smallest absolute Gasteiger partial charge is 0.271 e. The van der Waals surface area contributed by atoms with Gasteiger partial charge in [0.2, 0.25) is 10.0 Å². The van der Waals surface area contributed by atoms with Crippen LogP contribution in [0.5, 0.6) is 0 Å². The van der Waals surface area contributed by atoms with E-state index in [0.29, 0.717) is 13.0 Å². The van der Waals surface area contributed by atoms with Crippen LogP contribution >= 0.6 is 0 Å². The highest BCUT2D eigenvalue weighted by Gasteiger charge is 2.18. The molecule has 1 aromatic heterocycles. The molecule has 2 rings (SSSR count). The van der Waals surface area contributed by atoms with E-state index in [1.807, 2.05) is 37.3 Å². The topological polar surface area (TPSA) is 104 Å². The number of aromatic amines is 1. The quantitative estimate of drug-likeness (QED) is 0.684. The highest BCUT2D eigenvalue weighted by molar-refractivity contribution is 7.92. The average Bonchev–Trinajstić information content (AvgIpc) is 2.99. The lowest BCUT2D eigenvalue weighted by atomic mass is 10.2. The van der Waals surface area contributed by atoms with E-state index in [0.717, 1.165) is 12.0 Å². The summed E-state index contributed by atoms with van der Waals surface area (Å²) in [5.74, 6) is -0.403. The van der Waals surface area contributed by atoms with Gasteiger partial charge in [-0.3, -0.25) is 14.6 Å². The van der Waals surface area contributed by atoms with Gasteiger partial charge in [0.05, 0.1) is 17.6 Å². The molecule has 0 aliphatic heterocycles. The fraction of sp³-hybridized carbons (Fsp3) is 0.333. The monoisotopic (exact) mass is 336 g/mol. The van der Waals surface area contributed by atoms with Crippen molar-refractivity contribution in [1.29, 1.82) is 0 Å². The van der Waals surface area contributed by atoms with E-state index in [9.17, 15) is 13.2 Å². The predicted molar refractivity (Wildman–Crippen MR) is 88.5 cm³/mol. The van der Waals surface area contributed by atoms with E-state index >= 15 is 0 Å². The van der Waals surface area contributed by atoms with Crippen LogP contribution in [0, 0.1) is 0 Å². The van der Waals surface area contributed by atoms with Crippen LogP contribution in [0.15, 0.2) is 36.5 Å². The van der Waals surface area contributed by atoms with Gasteiger partial charge in [0.15, 0.2) is 0 Å². The van der Waals surface area contributed by atoms with Crippen LogP contribution in [0.1, 0.15) is 35.8 Å². The Hall–Kier alpha value is -2.35. The van der Waals surface area contributed by atoms with Gasteiger partial charge < -0.3 is 5.32 Å². The molecule has 0 unspecified atom stereocenters. The molecule has 0 saturated carbocycles. The van der Waals surface area contributed by atoms with Crippen LogP contribution in [-0.4, -0.2) is 30.3 Å². The van der Waals surface area contributed by atoms with Crippen molar-refractivity contribution >= 4 is 21.6 Å². The third-order valence-corrected chi connectivity index (χ3v) is 4.55. The summed E-state index contributed by atoms with van der Waals surface area (Å²) < 4.78 is 26.3. The molecule has 0 saturated heterocycles. The van der Waals surface area contributed by atoms with E-state index < -0.39 is 15.9 Å². The standard InChI is InChI=1S/C15H20N4O3S/c1-2-3-9-23(21,22)19-13-11-17-18-14(13)15(20)16-10-12-7-5-4-6-8-12/h4-8,11,19H,2-3,9-10H2,1H3,(H,16,20)(H,17,18). The van der Waals surface area contributed by atoms with Crippen LogP contribution in [0.4, 0.5) is 5.69 Å². The Kier molecular flexibility index (Phi) is 5.75. The molecule has 0 bridgehead atoms. The summed E-state index contributed by atoms with van der Waals surface area (Å²) in [7, 11) is -3.48. The Morgan fingerprint density at radius 1 is 1.26 bits per heavy atom. The minimum Gasteiger partial charge on any atom is -0.347 e. The number of rotatable bonds is 8. The highest BCUT2D eigenvalue weighted by atomic mass is 32.2. The number of carbonyl (C=O) groups excluding carboxylic acids is 1. The first kappa shape index (κ1) is 17.0. The SMILES string of the molecule is CCCCS(=O)(=O)Nc1cn[nH]c1C(=O)NCc1ccccc1. The third-order valence-electron chi connectivity index (χ3n) is 3.19. The number of hydrogen-bond donors (Lipinski definition) is 3. The zero-order valence-electron chi connectivity index (χ0n) is 12.9. The van der Waals surface area contributed by atoms with Gasteiger partial charge in [-0.05, 0) is 12.0 Å². The Balaban J connectivity index is 2.01. The maximum atomic E-state index is 12.2. The van der Waals surface area contributed by atoms with Gasteiger partial charge >= 0.3 is 0 Å². The number of nitrogens with zero attached hydrogens (tertiary/aromatic N) is 1.